The summed E-state index contributed by atoms with van der Waals surface area (Å²) >= 11 is 0. The lowest BCUT2D eigenvalue weighted by atomic mass is 9.51. The molecule has 4 heteroatoms. The largest absolute Gasteiger partial charge is 0.493 e. The van der Waals surface area contributed by atoms with Crippen LogP contribution in [0, 0.1) is 35.0 Å². The van der Waals surface area contributed by atoms with Crippen LogP contribution in [0.4, 0.5) is 0 Å². The molecule has 0 N–H and O–H groups in total. The third-order valence-corrected chi connectivity index (χ3v) is 10.7. The van der Waals surface area contributed by atoms with E-state index in [-0.39, 0.29) is 0 Å². The molecule has 3 saturated carbocycles. The Morgan fingerprint density at radius 3 is 2.61 bits per heavy atom. The monoisotopic (exact) mass is 493 g/mol. The fourth-order valence-corrected chi connectivity index (χ4v) is 8.71. The molecule has 0 radical (unpaired) electrons. The second-order valence-electron chi connectivity index (χ2n) is 12.2. The topological polar surface area (TPSA) is 38.8 Å². The van der Waals surface area contributed by atoms with Crippen LogP contribution >= 0.6 is 0 Å². The van der Waals surface area contributed by atoms with Crippen LogP contribution in [0.25, 0.3) is 0 Å². The molecule has 0 bridgehead atoms. The number of benzene rings is 1. The zero-order valence-electron chi connectivity index (χ0n) is 23.1. The van der Waals surface area contributed by atoms with Crippen LogP contribution in [0.1, 0.15) is 84.1 Å². The molecule has 4 aliphatic carbocycles. The van der Waals surface area contributed by atoms with E-state index in [0.717, 1.165) is 80.7 Å². The maximum Gasteiger partial charge on any atom is 0.161 e. The van der Waals surface area contributed by atoms with Gasteiger partial charge in [0.1, 0.15) is 0 Å². The number of rotatable bonds is 9. The summed E-state index contributed by atoms with van der Waals surface area (Å²) in [5, 5.41) is 0. The fraction of sp³-hybridized carbons (Fsp3) is 0.719. The normalized spacial score (nSPS) is 33.5. The van der Waals surface area contributed by atoms with Gasteiger partial charge in [0.15, 0.2) is 17.3 Å². The van der Waals surface area contributed by atoms with Crippen molar-refractivity contribution < 1.29 is 14.3 Å². The molecular weight excluding hydrogens is 446 g/mol. The molecule has 6 atom stereocenters. The van der Waals surface area contributed by atoms with Gasteiger partial charge in [-0.2, -0.15) is 0 Å². The minimum absolute atomic E-state index is 0.372. The summed E-state index contributed by atoms with van der Waals surface area (Å²) in [5.41, 5.74) is 3.23. The Labute approximate surface area is 218 Å². The summed E-state index contributed by atoms with van der Waals surface area (Å²) in [6, 6.07) is 6.44. The lowest BCUT2D eigenvalue weighted by Crippen LogP contribution is -2.46. The first-order valence-corrected chi connectivity index (χ1v) is 14.7. The summed E-state index contributed by atoms with van der Waals surface area (Å²) in [4.78, 5) is 14.4. The van der Waals surface area contributed by atoms with E-state index in [1.807, 2.05) is 6.08 Å². The highest BCUT2D eigenvalue weighted by Gasteiger charge is 2.55. The highest BCUT2D eigenvalue weighted by atomic mass is 16.5. The van der Waals surface area contributed by atoms with Crippen molar-refractivity contribution in [2.45, 2.75) is 85.1 Å². The first-order chi connectivity index (χ1) is 17.5. The lowest BCUT2D eigenvalue weighted by molar-refractivity contribution is -0.116. The number of methoxy groups -OCH3 is 1. The van der Waals surface area contributed by atoms with Gasteiger partial charge in [0.05, 0.1) is 13.7 Å². The van der Waals surface area contributed by atoms with Gasteiger partial charge in [-0.15, -0.1) is 0 Å². The minimum atomic E-state index is 0.372. The van der Waals surface area contributed by atoms with E-state index in [9.17, 15) is 4.79 Å². The van der Waals surface area contributed by atoms with Crippen molar-refractivity contribution in [1.29, 1.82) is 0 Å². The van der Waals surface area contributed by atoms with Crippen molar-refractivity contribution in [2.24, 2.45) is 35.0 Å². The second kappa shape index (κ2) is 10.9. The van der Waals surface area contributed by atoms with Crippen LogP contribution < -0.4 is 9.47 Å². The van der Waals surface area contributed by atoms with E-state index in [2.05, 4.69) is 43.9 Å². The molecular formula is C32H47NO3. The van der Waals surface area contributed by atoms with E-state index >= 15 is 0 Å². The number of hydrogen-bond acceptors (Lipinski definition) is 4. The van der Waals surface area contributed by atoms with Crippen molar-refractivity contribution in [2.75, 3.05) is 26.8 Å². The summed E-state index contributed by atoms with van der Waals surface area (Å²) in [7, 11) is 1.75. The van der Waals surface area contributed by atoms with Crippen LogP contribution in [0.5, 0.6) is 11.5 Å². The van der Waals surface area contributed by atoms with Gasteiger partial charge in [-0.1, -0.05) is 32.4 Å². The van der Waals surface area contributed by atoms with E-state index in [4.69, 9.17) is 9.47 Å². The first-order valence-electron chi connectivity index (χ1n) is 14.7. The lowest BCUT2D eigenvalue weighted by Gasteiger charge is -2.54. The number of ketones is 1. The second-order valence-corrected chi connectivity index (χ2v) is 12.2. The van der Waals surface area contributed by atoms with Crippen molar-refractivity contribution in [3.05, 3.63) is 35.4 Å². The molecule has 4 aliphatic rings. The van der Waals surface area contributed by atoms with E-state index in [1.54, 1.807) is 7.11 Å². The van der Waals surface area contributed by atoms with E-state index in [0.29, 0.717) is 17.1 Å². The van der Waals surface area contributed by atoms with Crippen molar-refractivity contribution in [1.82, 2.24) is 4.90 Å². The average molecular weight is 494 g/mol. The summed E-state index contributed by atoms with van der Waals surface area (Å²) in [6.45, 7) is 10.8. The van der Waals surface area contributed by atoms with Crippen LogP contribution in [0.3, 0.4) is 0 Å². The molecule has 3 fully saturated rings. The van der Waals surface area contributed by atoms with Gasteiger partial charge in [-0.3, -0.25) is 9.69 Å². The fourth-order valence-electron chi connectivity index (χ4n) is 8.71. The molecule has 36 heavy (non-hydrogen) atoms. The van der Waals surface area contributed by atoms with Gasteiger partial charge in [0, 0.05) is 13.0 Å². The zero-order chi connectivity index (χ0) is 25.3. The Hall–Kier alpha value is -1.81. The third-order valence-electron chi connectivity index (χ3n) is 10.7. The number of carbonyl (C=O) groups is 1. The van der Waals surface area contributed by atoms with Crippen LogP contribution in [0.15, 0.2) is 29.8 Å². The van der Waals surface area contributed by atoms with Gasteiger partial charge in [-0.05, 0) is 123 Å². The summed E-state index contributed by atoms with van der Waals surface area (Å²) in [6.07, 6.45) is 13.0. The number of fused-ring (bicyclic) bond motifs is 5. The van der Waals surface area contributed by atoms with Gasteiger partial charge in [0.25, 0.3) is 0 Å². The quantitative estimate of drug-likeness (QED) is 0.369. The molecule has 198 valence electrons. The van der Waals surface area contributed by atoms with E-state index < -0.39 is 0 Å². The Morgan fingerprint density at radius 2 is 1.83 bits per heavy atom. The predicted molar refractivity (Wildman–Crippen MR) is 145 cm³/mol. The van der Waals surface area contributed by atoms with Gasteiger partial charge in [-0.25, -0.2) is 0 Å². The van der Waals surface area contributed by atoms with Gasteiger partial charge in [0.2, 0.25) is 0 Å². The molecule has 0 aromatic heterocycles. The van der Waals surface area contributed by atoms with Gasteiger partial charge >= 0.3 is 0 Å². The zero-order valence-corrected chi connectivity index (χ0v) is 23.1. The molecule has 1 aromatic carbocycles. The smallest absolute Gasteiger partial charge is 0.161 e. The molecule has 0 unspecified atom stereocenters. The van der Waals surface area contributed by atoms with Crippen molar-refractivity contribution >= 4 is 5.78 Å². The third kappa shape index (κ3) is 4.87. The molecule has 0 heterocycles. The maximum atomic E-state index is 12.0. The number of hydrogen-bond donors (Lipinski definition) is 0. The van der Waals surface area contributed by atoms with Gasteiger partial charge < -0.3 is 9.47 Å². The number of nitrogens with zero attached hydrogens (tertiary/aromatic N) is 1. The van der Waals surface area contributed by atoms with Crippen LogP contribution in [0.2, 0.25) is 0 Å². The minimum Gasteiger partial charge on any atom is -0.493 e. The van der Waals surface area contributed by atoms with Crippen molar-refractivity contribution in [3.63, 3.8) is 0 Å². The number of ether oxygens (including phenoxy) is 2. The van der Waals surface area contributed by atoms with E-state index in [1.165, 1.54) is 49.7 Å². The Balaban J connectivity index is 1.19. The Bertz CT molecular complexity index is 966. The maximum absolute atomic E-state index is 12.0. The summed E-state index contributed by atoms with van der Waals surface area (Å²) in [5.74, 6) is 6.10. The number of allylic oxidation sites excluding steroid dienone is 1. The molecule has 0 aliphatic heterocycles. The standard InChI is InChI=1S/C32H47NO3/c1-5-33(6-2)21-22-7-14-30(31(19-22)35-4)36-18-16-24-9-13-29-28-11-8-23-20-25(34)10-12-26(23)27(28)15-17-32(24,29)3/h7,14,19-20,24,26-29H,5-6,8-13,15-18,21H2,1-4H3/t24-,26+,27-,28-,29+,32-/m1/s1. The highest BCUT2D eigenvalue weighted by molar-refractivity contribution is 5.91. The molecule has 5 rings (SSSR count). The average Bonchev–Trinajstić information content (AvgIpc) is 3.23. The summed E-state index contributed by atoms with van der Waals surface area (Å²) < 4.78 is 12.0. The Morgan fingerprint density at radius 1 is 1.00 bits per heavy atom. The molecule has 0 saturated heterocycles. The first kappa shape index (κ1) is 25.8. The molecule has 1 aromatic rings. The number of carbonyl (C=O) groups excluding carboxylic acids is 1. The predicted octanol–water partition coefficient (Wildman–Crippen LogP) is 7.06. The molecule has 4 nitrogen and oxygen atoms in total. The SMILES string of the molecule is CCN(CC)Cc1ccc(OCC[C@H]2CC[C@H]3[C@@H]4CCC5=CC(=O)CC[C@@H]5[C@H]4CC[C@]23C)c(OC)c1. The van der Waals surface area contributed by atoms with Crippen LogP contribution in [-0.2, 0) is 11.3 Å². The van der Waals surface area contributed by atoms with Crippen LogP contribution in [-0.4, -0.2) is 37.5 Å². The molecule has 0 spiro atoms. The highest BCUT2D eigenvalue weighted by Crippen LogP contribution is 2.64. The van der Waals surface area contributed by atoms with Crippen molar-refractivity contribution in [3.8, 4) is 11.5 Å². The molecule has 0 amide bonds. The Kier molecular flexibility index (Phi) is 7.81.